The number of fused-ring (bicyclic) bond motifs is 3. The van der Waals surface area contributed by atoms with Gasteiger partial charge in [0.15, 0.2) is 6.10 Å². The van der Waals surface area contributed by atoms with Crippen LogP contribution in [-0.4, -0.2) is 90.3 Å². The van der Waals surface area contributed by atoms with Crippen LogP contribution in [0.25, 0.3) is 11.1 Å². The Balaban J connectivity index is 1.75. The van der Waals surface area contributed by atoms with Gasteiger partial charge in [-0.05, 0) is 50.0 Å². The average Bonchev–Trinajstić information content (AvgIpc) is 3.44. The summed E-state index contributed by atoms with van der Waals surface area (Å²) < 4.78 is 39.7. The van der Waals surface area contributed by atoms with E-state index in [1.54, 1.807) is 45.9 Å². The number of methoxy groups -OCH3 is 1. The number of esters is 4. The fourth-order valence-electron chi connectivity index (χ4n) is 6.42. The van der Waals surface area contributed by atoms with Gasteiger partial charge in [-0.1, -0.05) is 57.7 Å². The van der Waals surface area contributed by atoms with Crippen LogP contribution in [0.15, 0.2) is 34.4 Å². The number of hydrogen-bond donors (Lipinski definition) is 2. The summed E-state index contributed by atoms with van der Waals surface area (Å²) in [6.45, 7) is 7.57. The van der Waals surface area contributed by atoms with Gasteiger partial charge in [0.2, 0.25) is 5.79 Å². The van der Waals surface area contributed by atoms with E-state index in [1.165, 1.54) is 7.11 Å². The molecule has 0 aliphatic carbocycles. The maximum atomic E-state index is 13.9. The third kappa shape index (κ3) is 9.78. The lowest BCUT2D eigenvalue weighted by Gasteiger charge is -2.51. The molecule has 2 N–H and O–H groups in total. The molecule has 3 heterocycles. The molecule has 4 atom stereocenters. The van der Waals surface area contributed by atoms with Crippen LogP contribution in [0.5, 0.6) is 5.75 Å². The standard InChI is InChI=1S/C38H51NO13/c1-7-8-9-10-11-12-31(41)50-35-26(19-33(43)46-6)17-27-20-28(21-40)49-32(42)15-16-47-30-14-13-25(34-23(2)39-52-24(34)3)18-29(30)36(44)48-22-37(4,5)38(35,45)51-27/h13-14,18-19,27-28,35,40,45H,7-12,15-17,20-22H2,1-6H3/b26-19+/t27-,28+,35-,38+/m0/s1. The van der Waals surface area contributed by atoms with Gasteiger partial charge in [0.05, 0.1) is 44.0 Å². The minimum absolute atomic E-state index is 0.0220. The molecule has 286 valence electrons. The van der Waals surface area contributed by atoms with E-state index in [1.807, 2.05) is 0 Å². The van der Waals surface area contributed by atoms with Crippen LogP contribution in [-0.2, 0) is 38.1 Å². The lowest BCUT2D eigenvalue weighted by Crippen LogP contribution is -2.63. The van der Waals surface area contributed by atoms with Crippen molar-refractivity contribution in [3.05, 3.63) is 46.9 Å². The second-order valence-electron chi connectivity index (χ2n) is 13.9. The van der Waals surface area contributed by atoms with E-state index >= 15 is 0 Å². The van der Waals surface area contributed by atoms with E-state index in [0.29, 0.717) is 29.0 Å². The number of unbranched alkanes of at least 4 members (excludes halogenated alkanes) is 4. The molecule has 1 fully saturated rings. The highest BCUT2D eigenvalue weighted by atomic mass is 16.7. The van der Waals surface area contributed by atoms with Crippen molar-refractivity contribution in [2.24, 2.45) is 5.41 Å². The highest BCUT2D eigenvalue weighted by Crippen LogP contribution is 2.46. The normalized spacial score (nSPS) is 24.6. The Kier molecular flexibility index (Phi) is 14.0. The Bertz CT molecular complexity index is 1590. The molecular formula is C38H51NO13. The van der Waals surface area contributed by atoms with Crippen molar-refractivity contribution in [1.82, 2.24) is 5.16 Å². The van der Waals surface area contributed by atoms with Crippen molar-refractivity contribution in [3.63, 3.8) is 0 Å². The summed E-state index contributed by atoms with van der Waals surface area (Å²) in [6.07, 6.45) is 1.72. The fraction of sp³-hybridized carbons (Fsp3) is 0.605. The Labute approximate surface area is 303 Å². The van der Waals surface area contributed by atoms with Gasteiger partial charge in [-0.3, -0.25) is 9.59 Å². The van der Waals surface area contributed by atoms with Crippen LogP contribution in [0, 0.1) is 19.3 Å². The summed E-state index contributed by atoms with van der Waals surface area (Å²) >= 11 is 0. The van der Waals surface area contributed by atoms with Gasteiger partial charge < -0.3 is 43.2 Å². The molecule has 2 aromatic rings. The Hall–Kier alpha value is -4.27. The van der Waals surface area contributed by atoms with Gasteiger partial charge in [0.25, 0.3) is 0 Å². The molecule has 0 unspecified atom stereocenters. The van der Waals surface area contributed by atoms with E-state index in [-0.39, 0.29) is 49.2 Å². The summed E-state index contributed by atoms with van der Waals surface area (Å²) in [4.78, 5) is 52.6. The number of rotatable bonds is 10. The van der Waals surface area contributed by atoms with Crippen LogP contribution in [0.3, 0.4) is 0 Å². The van der Waals surface area contributed by atoms with Gasteiger partial charge in [0.1, 0.15) is 29.8 Å². The average molecular weight is 730 g/mol. The van der Waals surface area contributed by atoms with Crippen molar-refractivity contribution in [3.8, 4) is 16.9 Å². The number of carbonyl (C=O) groups is 4. The second-order valence-corrected chi connectivity index (χ2v) is 13.9. The zero-order valence-electron chi connectivity index (χ0n) is 30.9. The monoisotopic (exact) mass is 729 g/mol. The van der Waals surface area contributed by atoms with Gasteiger partial charge in [-0.25, -0.2) is 9.59 Å². The van der Waals surface area contributed by atoms with Gasteiger partial charge in [-0.2, -0.15) is 0 Å². The number of cyclic esters (lactones) is 2. The Morgan fingerprint density at radius 2 is 1.85 bits per heavy atom. The van der Waals surface area contributed by atoms with Crippen LogP contribution < -0.4 is 4.74 Å². The zero-order valence-corrected chi connectivity index (χ0v) is 30.9. The summed E-state index contributed by atoms with van der Waals surface area (Å²) in [7, 11) is 1.19. The first kappa shape index (κ1) is 40.5. The van der Waals surface area contributed by atoms with E-state index in [9.17, 15) is 29.4 Å². The Morgan fingerprint density at radius 1 is 1.10 bits per heavy atom. The fourth-order valence-corrected chi connectivity index (χ4v) is 6.42. The number of aryl methyl sites for hydroxylation is 2. The first-order chi connectivity index (χ1) is 24.7. The third-order valence-corrected chi connectivity index (χ3v) is 9.39. The van der Waals surface area contributed by atoms with Crippen molar-refractivity contribution in [2.45, 2.75) is 117 Å². The van der Waals surface area contributed by atoms with Gasteiger partial charge in [0, 0.05) is 24.5 Å². The van der Waals surface area contributed by atoms with Crippen LogP contribution in [0.1, 0.15) is 100 Å². The summed E-state index contributed by atoms with van der Waals surface area (Å²) in [6, 6.07) is 4.85. The largest absolute Gasteiger partial charge is 0.492 e. The molecule has 0 spiro atoms. The number of carbonyl (C=O) groups excluding carboxylic acids is 4. The number of nitrogens with zero attached hydrogens (tertiary/aromatic N) is 1. The maximum absolute atomic E-state index is 13.9. The molecule has 4 rings (SSSR count). The highest BCUT2D eigenvalue weighted by Gasteiger charge is 2.59. The lowest BCUT2D eigenvalue weighted by molar-refractivity contribution is -0.340. The van der Waals surface area contributed by atoms with E-state index in [2.05, 4.69) is 12.1 Å². The second kappa shape index (κ2) is 18.0. The molecule has 0 radical (unpaired) electrons. The first-order valence-electron chi connectivity index (χ1n) is 17.8. The number of aromatic nitrogens is 1. The van der Waals surface area contributed by atoms with Crippen LogP contribution in [0.2, 0.25) is 0 Å². The molecule has 14 heteroatoms. The first-order valence-corrected chi connectivity index (χ1v) is 17.8. The van der Waals surface area contributed by atoms with Crippen molar-refractivity contribution < 1.29 is 62.3 Å². The Morgan fingerprint density at radius 3 is 2.52 bits per heavy atom. The molecule has 1 aromatic carbocycles. The predicted octanol–water partition coefficient (Wildman–Crippen LogP) is 5.07. The molecule has 14 nitrogen and oxygen atoms in total. The van der Waals surface area contributed by atoms with Crippen molar-refractivity contribution in [2.75, 3.05) is 26.9 Å². The quantitative estimate of drug-likeness (QED) is 0.143. The number of aliphatic hydroxyl groups is 2. The summed E-state index contributed by atoms with van der Waals surface area (Å²) in [5.74, 6) is -4.62. The SMILES string of the molecule is CCCCCCCC(=O)O[C@H]1/C(=C/C(=O)OC)C[C@H]2C[C@H](CO)OC(=O)CCOc3ccc(-c4c(C)noc4C)cc3C(=O)OCC(C)(C)[C@]1(O)O2. The highest BCUT2D eigenvalue weighted by molar-refractivity contribution is 5.94. The van der Waals surface area contributed by atoms with E-state index in [4.69, 9.17) is 32.9 Å². The summed E-state index contributed by atoms with van der Waals surface area (Å²) in [5.41, 5.74) is 0.574. The maximum Gasteiger partial charge on any atom is 0.341 e. The molecule has 2 aliphatic rings. The van der Waals surface area contributed by atoms with Crippen molar-refractivity contribution >= 4 is 23.9 Å². The number of ether oxygens (including phenoxy) is 6. The molecular weight excluding hydrogens is 678 g/mol. The molecule has 52 heavy (non-hydrogen) atoms. The van der Waals surface area contributed by atoms with Crippen LogP contribution in [0.4, 0.5) is 0 Å². The van der Waals surface area contributed by atoms with E-state index in [0.717, 1.165) is 31.8 Å². The third-order valence-electron chi connectivity index (χ3n) is 9.39. The minimum Gasteiger partial charge on any atom is -0.492 e. The molecule has 2 aliphatic heterocycles. The molecule has 0 amide bonds. The zero-order chi connectivity index (χ0) is 38.1. The predicted molar refractivity (Wildman–Crippen MR) is 185 cm³/mol. The molecule has 1 saturated heterocycles. The summed E-state index contributed by atoms with van der Waals surface area (Å²) in [5, 5.41) is 26.7. The molecule has 1 aromatic heterocycles. The molecule has 2 bridgehead atoms. The topological polar surface area (TPSA) is 190 Å². The van der Waals surface area contributed by atoms with Gasteiger partial charge >= 0.3 is 23.9 Å². The van der Waals surface area contributed by atoms with Crippen molar-refractivity contribution in [1.29, 1.82) is 0 Å². The number of hydrogen-bond acceptors (Lipinski definition) is 14. The number of benzene rings is 1. The molecule has 0 saturated carbocycles. The minimum atomic E-state index is -2.40. The number of aliphatic hydroxyl groups excluding tert-OH is 1. The van der Waals surface area contributed by atoms with Crippen LogP contribution >= 0.6 is 0 Å². The lowest BCUT2D eigenvalue weighted by atomic mass is 9.75. The van der Waals surface area contributed by atoms with Gasteiger partial charge in [-0.15, -0.1) is 0 Å². The van der Waals surface area contributed by atoms with E-state index < -0.39 is 66.6 Å². The smallest absolute Gasteiger partial charge is 0.341 e.